The molecule has 1 aromatic carbocycles. The maximum atomic E-state index is 12.3. The lowest BCUT2D eigenvalue weighted by atomic mass is 10.2. The summed E-state index contributed by atoms with van der Waals surface area (Å²) in [5.74, 6) is -0.549. The Balaban J connectivity index is 2.28. The van der Waals surface area contributed by atoms with Crippen molar-refractivity contribution in [3.05, 3.63) is 45.7 Å². The fourth-order valence-corrected chi connectivity index (χ4v) is 4.75. The molecule has 2 aromatic rings. The van der Waals surface area contributed by atoms with Gasteiger partial charge >= 0.3 is 5.97 Å². The highest BCUT2D eigenvalue weighted by atomic mass is 79.9. The van der Waals surface area contributed by atoms with Crippen molar-refractivity contribution in [3.63, 3.8) is 0 Å². The lowest BCUT2D eigenvalue weighted by Crippen LogP contribution is -2.15. The molecule has 0 aliphatic heterocycles. The maximum absolute atomic E-state index is 12.3. The third-order valence-corrected chi connectivity index (χ3v) is 6.12. The zero-order valence-electron chi connectivity index (χ0n) is 11.7. The standard InChI is InChI=1S/C14H14BrNO4S2/c1-2-9-20-14(17)10-5-3-4-6-11(10)16-22(18,19)13-8-7-12(15)21-13/h3-8,16H,2,9H2,1H3. The van der Waals surface area contributed by atoms with Crippen LogP contribution in [0.5, 0.6) is 0 Å². The molecule has 0 saturated carbocycles. The smallest absolute Gasteiger partial charge is 0.340 e. The van der Waals surface area contributed by atoms with Gasteiger partial charge in [-0.1, -0.05) is 19.1 Å². The summed E-state index contributed by atoms with van der Waals surface area (Å²) in [7, 11) is -3.74. The van der Waals surface area contributed by atoms with Gasteiger partial charge in [-0.2, -0.15) is 0 Å². The lowest BCUT2D eigenvalue weighted by molar-refractivity contribution is 0.0506. The highest BCUT2D eigenvalue weighted by Gasteiger charge is 2.20. The Morgan fingerprint density at radius 2 is 2.00 bits per heavy atom. The fraction of sp³-hybridized carbons (Fsp3) is 0.214. The van der Waals surface area contributed by atoms with E-state index in [1.807, 2.05) is 6.92 Å². The van der Waals surface area contributed by atoms with Gasteiger partial charge < -0.3 is 4.74 Å². The van der Waals surface area contributed by atoms with Crippen molar-refractivity contribution < 1.29 is 17.9 Å². The second kappa shape index (κ2) is 7.26. The number of thiophene rings is 1. The van der Waals surface area contributed by atoms with E-state index in [1.165, 1.54) is 18.2 Å². The van der Waals surface area contributed by atoms with Gasteiger partial charge in [-0.3, -0.25) is 4.72 Å². The quantitative estimate of drug-likeness (QED) is 0.742. The number of carbonyl (C=O) groups is 1. The molecule has 0 unspecified atom stereocenters. The number of benzene rings is 1. The molecule has 0 fully saturated rings. The number of halogens is 1. The third kappa shape index (κ3) is 4.08. The van der Waals surface area contributed by atoms with Crippen LogP contribution in [0, 0.1) is 0 Å². The van der Waals surface area contributed by atoms with E-state index < -0.39 is 16.0 Å². The lowest BCUT2D eigenvalue weighted by Gasteiger charge is -2.11. The SMILES string of the molecule is CCCOC(=O)c1ccccc1NS(=O)(=O)c1ccc(Br)s1. The third-order valence-electron chi connectivity index (χ3n) is 2.64. The molecule has 0 aliphatic rings. The van der Waals surface area contributed by atoms with E-state index in [9.17, 15) is 13.2 Å². The molecule has 22 heavy (non-hydrogen) atoms. The Bertz CT molecular complexity index is 771. The first-order chi connectivity index (χ1) is 10.4. The van der Waals surface area contributed by atoms with Crippen LogP contribution in [0.4, 0.5) is 5.69 Å². The minimum atomic E-state index is -3.74. The summed E-state index contributed by atoms with van der Waals surface area (Å²) in [5, 5.41) is 0. The van der Waals surface area contributed by atoms with E-state index in [0.29, 0.717) is 10.2 Å². The average molecular weight is 404 g/mol. The van der Waals surface area contributed by atoms with Crippen LogP contribution in [0.1, 0.15) is 23.7 Å². The van der Waals surface area contributed by atoms with E-state index in [4.69, 9.17) is 4.74 Å². The fourth-order valence-electron chi connectivity index (χ4n) is 1.66. The van der Waals surface area contributed by atoms with Gasteiger partial charge in [0.2, 0.25) is 0 Å². The molecule has 1 aromatic heterocycles. The van der Waals surface area contributed by atoms with Crippen LogP contribution in [0.25, 0.3) is 0 Å². The summed E-state index contributed by atoms with van der Waals surface area (Å²) in [6, 6.07) is 9.51. The number of nitrogens with one attached hydrogen (secondary N) is 1. The van der Waals surface area contributed by atoms with Crippen LogP contribution in [0.15, 0.2) is 44.4 Å². The molecule has 0 atom stereocenters. The zero-order chi connectivity index (χ0) is 16.2. The number of carbonyl (C=O) groups excluding carboxylic acids is 1. The summed E-state index contributed by atoms with van der Waals surface area (Å²) in [6.07, 6.45) is 0.697. The van der Waals surface area contributed by atoms with Gasteiger partial charge in [0.1, 0.15) is 4.21 Å². The van der Waals surface area contributed by atoms with E-state index in [0.717, 1.165) is 11.3 Å². The first-order valence-electron chi connectivity index (χ1n) is 6.48. The maximum Gasteiger partial charge on any atom is 0.340 e. The van der Waals surface area contributed by atoms with Gasteiger partial charge in [0.15, 0.2) is 0 Å². The van der Waals surface area contributed by atoms with Crippen LogP contribution in [0.3, 0.4) is 0 Å². The largest absolute Gasteiger partial charge is 0.462 e. The van der Waals surface area contributed by atoms with Crippen molar-refractivity contribution in [2.75, 3.05) is 11.3 Å². The summed E-state index contributed by atoms with van der Waals surface area (Å²) < 4.78 is 33.0. The van der Waals surface area contributed by atoms with Gasteiger partial charge in [0, 0.05) is 0 Å². The van der Waals surface area contributed by atoms with Crippen LogP contribution in [-0.2, 0) is 14.8 Å². The predicted octanol–water partition coefficient (Wildman–Crippen LogP) is 3.88. The molecular formula is C14H14BrNO4S2. The zero-order valence-corrected chi connectivity index (χ0v) is 14.9. The van der Waals surface area contributed by atoms with Gasteiger partial charge in [-0.05, 0) is 46.6 Å². The Kier molecular flexibility index (Phi) is 5.60. The summed E-state index contributed by atoms with van der Waals surface area (Å²) >= 11 is 4.32. The number of para-hydroxylation sites is 1. The topological polar surface area (TPSA) is 72.5 Å². The number of hydrogen-bond acceptors (Lipinski definition) is 5. The van der Waals surface area contributed by atoms with Gasteiger partial charge in [-0.25, -0.2) is 13.2 Å². The monoisotopic (exact) mass is 403 g/mol. The van der Waals surface area contributed by atoms with E-state index >= 15 is 0 Å². The minimum Gasteiger partial charge on any atom is -0.462 e. The number of esters is 1. The second-order valence-electron chi connectivity index (χ2n) is 4.35. The molecular weight excluding hydrogens is 390 g/mol. The summed E-state index contributed by atoms with van der Waals surface area (Å²) in [5.41, 5.74) is 0.392. The van der Waals surface area contributed by atoms with Crippen LogP contribution < -0.4 is 4.72 Å². The van der Waals surface area contributed by atoms with Crippen LogP contribution in [-0.4, -0.2) is 21.0 Å². The van der Waals surface area contributed by atoms with Crippen molar-refractivity contribution in [1.29, 1.82) is 0 Å². The van der Waals surface area contributed by atoms with Crippen LogP contribution in [0.2, 0.25) is 0 Å². The molecule has 8 heteroatoms. The molecule has 1 N–H and O–H groups in total. The number of hydrogen-bond donors (Lipinski definition) is 1. The molecule has 0 bridgehead atoms. The molecule has 0 amide bonds. The molecule has 0 aliphatic carbocycles. The van der Waals surface area contributed by atoms with E-state index in [2.05, 4.69) is 20.7 Å². The van der Waals surface area contributed by atoms with Crippen molar-refractivity contribution >= 4 is 48.9 Å². The van der Waals surface area contributed by atoms with Crippen molar-refractivity contribution in [2.24, 2.45) is 0 Å². The van der Waals surface area contributed by atoms with Gasteiger partial charge in [0.25, 0.3) is 10.0 Å². The second-order valence-corrected chi connectivity index (χ2v) is 8.72. The first-order valence-corrected chi connectivity index (χ1v) is 9.57. The molecule has 5 nitrogen and oxygen atoms in total. The molecule has 118 valence electrons. The first kappa shape index (κ1) is 17.0. The summed E-state index contributed by atoms with van der Waals surface area (Å²) in [6.45, 7) is 2.17. The molecule has 2 rings (SSSR count). The molecule has 0 radical (unpaired) electrons. The van der Waals surface area contributed by atoms with Crippen molar-refractivity contribution in [3.8, 4) is 0 Å². The van der Waals surface area contributed by atoms with Crippen molar-refractivity contribution in [2.45, 2.75) is 17.6 Å². The molecule has 0 saturated heterocycles. The Labute approximate surface area is 141 Å². The van der Waals surface area contributed by atoms with Crippen molar-refractivity contribution in [1.82, 2.24) is 0 Å². The van der Waals surface area contributed by atoms with Gasteiger partial charge in [-0.15, -0.1) is 11.3 Å². The normalized spacial score (nSPS) is 11.2. The Morgan fingerprint density at radius 3 is 2.64 bits per heavy atom. The van der Waals surface area contributed by atoms with E-state index in [1.54, 1.807) is 18.2 Å². The highest BCUT2D eigenvalue weighted by molar-refractivity contribution is 9.11. The predicted molar refractivity (Wildman–Crippen MR) is 89.8 cm³/mol. The number of anilines is 1. The number of ether oxygens (including phenoxy) is 1. The summed E-state index contributed by atoms with van der Waals surface area (Å²) in [4.78, 5) is 12.0. The van der Waals surface area contributed by atoms with E-state index in [-0.39, 0.29) is 22.1 Å². The molecule has 0 spiro atoms. The highest BCUT2D eigenvalue weighted by Crippen LogP contribution is 2.28. The number of sulfonamides is 1. The number of rotatable bonds is 6. The van der Waals surface area contributed by atoms with Gasteiger partial charge in [0.05, 0.1) is 21.6 Å². The average Bonchev–Trinajstić information content (AvgIpc) is 2.92. The Hall–Kier alpha value is -1.38. The van der Waals surface area contributed by atoms with Crippen LogP contribution >= 0.6 is 27.3 Å². The Morgan fingerprint density at radius 1 is 1.27 bits per heavy atom. The minimum absolute atomic E-state index is 0.163. The molecule has 1 heterocycles.